The van der Waals surface area contributed by atoms with Crippen molar-refractivity contribution in [1.82, 2.24) is 0 Å². The lowest BCUT2D eigenvalue weighted by molar-refractivity contribution is -0.207. The third kappa shape index (κ3) is 1.25. The summed E-state index contributed by atoms with van der Waals surface area (Å²) in [5, 5.41) is 0. The molecular formula is C10H14O4. The minimum Gasteiger partial charge on any atom is -0.433 e. The Bertz CT molecular complexity index is 249. The molecule has 0 amide bonds. The Balaban J connectivity index is 1.76. The fourth-order valence-electron chi connectivity index (χ4n) is 2.60. The molecule has 78 valence electrons. The number of hydrogen-bond donors (Lipinski definition) is 0. The Labute approximate surface area is 82.5 Å². The first-order chi connectivity index (χ1) is 6.77. The molecule has 3 aliphatic heterocycles. The first-order valence-corrected chi connectivity index (χ1v) is 5.29. The van der Waals surface area contributed by atoms with Crippen molar-refractivity contribution in [3.63, 3.8) is 0 Å². The predicted molar refractivity (Wildman–Crippen MR) is 46.5 cm³/mol. The lowest BCUT2D eigenvalue weighted by atomic mass is 10.0. The molecule has 0 saturated carbocycles. The zero-order valence-electron chi connectivity index (χ0n) is 8.03. The molecule has 1 spiro atoms. The fraction of sp³-hybridized carbons (Fsp3) is 0.900. The van der Waals surface area contributed by atoms with Crippen molar-refractivity contribution < 1.29 is 19.0 Å². The molecule has 4 heteroatoms. The molecule has 0 radical (unpaired) electrons. The lowest BCUT2D eigenvalue weighted by Crippen LogP contribution is -2.30. The van der Waals surface area contributed by atoms with Crippen LogP contribution < -0.4 is 0 Å². The highest BCUT2D eigenvalue weighted by molar-refractivity contribution is 5.72. The van der Waals surface area contributed by atoms with Gasteiger partial charge in [0.05, 0.1) is 18.6 Å². The summed E-state index contributed by atoms with van der Waals surface area (Å²) in [5.74, 6) is -0.764. The Morgan fingerprint density at radius 3 is 3.00 bits per heavy atom. The van der Waals surface area contributed by atoms with Gasteiger partial charge in [0.15, 0.2) is 0 Å². The van der Waals surface area contributed by atoms with E-state index in [9.17, 15) is 4.79 Å². The number of carbonyl (C=O) groups excluding carboxylic acids is 1. The Morgan fingerprint density at radius 2 is 2.29 bits per heavy atom. The Hall–Kier alpha value is -0.610. The summed E-state index contributed by atoms with van der Waals surface area (Å²) >= 11 is 0. The highest BCUT2D eigenvalue weighted by atomic mass is 16.7. The minimum atomic E-state index is -0.628. The van der Waals surface area contributed by atoms with E-state index in [0.717, 1.165) is 25.9 Å². The standard InChI is InChI=1S/C10H14O4/c11-9-3-4-10(14-9)6-8-7(13-10)2-1-5-12-8/h7-8H,1-6H2/t7-,8-,10-/m1/s1. The van der Waals surface area contributed by atoms with Gasteiger partial charge >= 0.3 is 5.97 Å². The van der Waals surface area contributed by atoms with Crippen LogP contribution in [-0.2, 0) is 19.0 Å². The SMILES string of the molecule is O=C1CC[C@]2(C[C@H]3OCCC[C@H]3O2)O1. The molecule has 0 bridgehead atoms. The summed E-state index contributed by atoms with van der Waals surface area (Å²) < 4.78 is 16.7. The number of carbonyl (C=O) groups is 1. The van der Waals surface area contributed by atoms with Gasteiger partial charge in [-0.3, -0.25) is 4.79 Å². The first-order valence-electron chi connectivity index (χ1n) is 5.29. The highest BCUT2D eigenvalue weighted by Crippen LogP contribution is 2.43. The predicted octanol–water partition coefficient (Wildman–Crippen LogP) is 0.988. The maximum absolute atomic E-state index is 11.1. The monoisotopic (exact) mass is 198 g/mol. The number of ether oxygens (including phenoxy) is 3. The fourth-order valence-corrected chi connectivity index (χ4v) is 2.60. The van der Waals surface area contributed by atoms with Gasteiger partial charge in [0.1, 0.15) is 0 Å². The molecule has 14 heavy (non-hydrogen) atoms. The van der Waals surface area contributed by atoms with Crippen LogP contribution in [0, 0.1) is 0 Å². The van der Waals surface area contributed by atoms with Crippen molar-refractivity contribution in [2.75, 3.05) is 6.61 Å². The van der Waals surface area contributed by atoms with Gasteiger partial charge in [0.25, 0.3) is 0 Å². The van der Waals surface area contributed by atoms with Crippen molar-refractivity contribution in [2.45, 2.75) is 50.1 Å². The lowest BCUT2D eigenvalue weighted by Gasteiger charge is -2.24. The molecular weight excluding hydrogens is 184 g/mol. The minimum absolute atomic E-state index is 0.136. The quantitative estimate of drug-likeness (QED) is 0.544. The number of esters is 1. The highest BCUT2D eigenvalue weighted by Gasteiger charge is 2.53. The third-order valence-electron chi connectivity index (χ3n) is 3.27. The van der Waals surface area contributed by atoms with E-state index in [4.69, 9.17) is 14.2 Å². The van der Waals surface area contributed by atoms with Crippen LogP contribution in [0.1, 0.15) is 32.1 Å². The van der Waals surface area contributed by atoms with Crippen molar-refractivity contribution in [1.29, 1.82) is 0 Å². The van der Waals surface area contributed by atoms with E-state index < -0.39 is 5.79 Å². The van der Waals surface area contributed by atoms with Gasteiger partial charge in [-0.05, 0) is 12.8 Å². The summed E-state index contributed by atoms with van der Waals surface area (Å²) in [4.78, 5) is 11.1. The van der Waals surface area contributed by atoms with Crippen LogP contribution in [0.2, 0.25) is 0 Å². The van der Waals surface area contributed by atoms with E-state index >= 15 is 0 Å². The van der Waals surface area contributed by atoms with Gasteiger partial charge in [-0.1, -0.05) is 0 Å². The Morgan fingerprint density at radius 1 is 1.36 bits per heavy atom. The van der Waals surface area contributed by atoms with Gasteiger partial charge in [-0.2, -0.15) is 0 Å². The molecule has 0 aliphatic carbocycles. The Kier molecular flexibility index (Phi) is 1.82. The first kappa shape index (κ1) is 8.68. The summed E-state index contributed by atoms with van der Waals surface area (Å²) in [6.07, 6.45) is 4.28. The summed E-state index contributed by atoms with van der Waals surface area (Å²) in [5.41, 5.74) is 0. The number of fused-ring (bicyclic) bond motifs is 1. The van der Waals surface area contributed by atoms with E-state index in [-0.39, 0.29) is 18.2 Å². The van der Waals surface area contributed by atoms with Crippen molar-refractivity contribution in [3.8, 4) is 0 Å². The van der Waals surface area contributed by atoms with Gasteiger partial charge in [-0.25, -0.2) is 0 Å². The third-order valence-corrected chi connectivity index (χ3v) is 3.27. The molecule has 3 atom stereocenters. The zero-order valence-corrected chi connectivity index (χ0v) is 8.03. The van der Waals surface area contributed by atoms with Crippen LogP contribution in [0.3, 0.4) is 0 Å². The molecule has 0 aromatic carbocycles. The van der Waals surface area contributed by atoms with Crippen molar-refractivity contribution in [3.05, 3.63) is 0 Å². The molecule has 3 rings (SSSR count). The largest absolute Gasteiger partial charge is 0.433 e. The average Bonchev–Trinajstić information content (AvgIpc) is 2.69. The van der Waals surface area contributed by atoms with E-state index in [1.54, 1.807) is 0 Å². The number of hydrogen-bond acceptors (Lipinski definition) is 4. The van der Waals surface area contributed by atoms with Gasteiger partial charge in [0.2, 0.25) is 5.79 Å². The maximum Gasteiger partial charge on any atom is 0.308 e. The summed E-state index contributed by atoms with van der Waals surface area (Å²) in [6, 6.07) is 0. The second-order valence-corrected chi connectivity index (χ2v) is 4.30. The zero-order chi connectivity index (χ0) is 9.60. The van der Waals surface area contributed by atoms with E-state index in [0.29, 0.717) is 12.8 Å². The van der Waals surface area contributed by atoms with E-state index in [1.165, 1.54) is 0 Å². The van der Waals surface area contributed by atoms with Crippen LogP contribution in [0.25, 0.3) is 0 Å². The second kappa shape index (κ2) is 2.94. The molecule has 0 aromatic heterocycles. The summed E-state index contributed by atoms with van der Waals surface area (Å²) in [6.45, 7) is 0.814. The molecule has 0 aromatic rings. The number of rotatable bonds is 0. The topological polar surface area (TPSA) is 44.8 Å². The van der Waals surface area contributed by atoms with Gasteiger partial charge < -0.3 is 14.2 Å². The van der Waals surface area contributed by atoms with E-state index in [2.05, 4.69) is 0 Å². The van der Waals surface area contributed by atoms with Gasteiger partial charge in [0, 0.05) is 19.4 Å². The van der Waals surface area contributed by atoms with Crippen LogP contribution in [0.15, 0.2) is 0 Å². The second-order valence-electron chi connectivity index (χ2n) is 4.30. The molecule has 0 unspecified atom stereocenters. The molecule has 3 saturated heterocycles. The molecule has 3 fully saturated rings. The smallest absolute Gasteiger partial charge is 0.308 e. The van der Waals surface area contributed by atoms with Crippen LogP contribution in [-0.4, -0.2) is 30.6 Å². The molecule has 4 nitrogen and oxygen atoms in total. The normalized spacial score (nSPS) is 46.7. The maximum atomic E-state index is 11.1. The van der Waals surface area contributed by atoms with Crippen molar-refractivity contribution in [2.24, 2.45) is 0 Å². The van der Waals surface area contributed by atoms with E-state index in [1.807, 2.05) is 0 Å². The van der Waals surface area contributed by atoms with Crippen LogP contribution >= 0.6 is 0 Å². The summed E-state index contributed by atoms with van der Waals surface area (Å²) in [7, 11) is 0. The van der Waals surface area contributed by atoms with Crippen molar-refractivity contribution >= 4 is 5.97 Å². The molecule has 3 heterocycles. The van der Waals surface area contributed by atoms with Crippen LogP contribution in [0.5, 0.6) is 0 Å². The van der Waals surface area contributed by atoms with Crippen LogP contribution in [0.4, 0.5) is 0 Å². The average molecular weight is 198 g/mol. The van der Waals surface area contributed by atoms with Gasteiger partial charge in [-0.15, -0.1) is 0 Å². The molecule has 3 aliphatic rings. The molecule has 0 N–H and O–H groups in total.